The molecule has 3 rings (SSSR count). The molecule has 0 saturated carbocycles. The summed E-state index contributed by atoms with van der Waals surface area (Å²) in [7, 11) is 3.23. The zero-order valence-electron chi connectivity index (χ0n) is 18.0. The maximum atomic E-state index is 14.2. The van der Waals surface area contributed by atoms with Gasteiger partial charge in [0.15, 0.2) is 5.69 Å². The molecule has 0 radical (unpaired) electrons. The number of rotatable bonds is 7. The van der Waals surface area contributed by atoms with E-state index in [0.29, 0.717) is 12.1 Å². The molecule has 0 aliphatic heterocycles. The van der Waals surface area contributed by atoms with Crippen LogP contribution in [0.5, 0.6) is 0 Å². The predicted molar refractivity (Wildman–Crippen MR) is 114 cm³/mol. The number of para-hydroxylation sites is 1. The fourth-order valence-corrected chi connectivity index (χ4v) is 3.54. The van der Waals surface area contributed by atoms with Crippen molar-refractivity contribution in [3.05, 3.63) is 77.2 Å². The van der Waals surface area contributed by atoms with Crippen LogP contribution in [0.1, 0.15) is 35.0 Å². The smallest absolute Gasteiger partial charge is 0.362 e. The van der Waals surface area contributed by atoms with Crippen molar-refractivity contribution >= 4 is 11.7 Å². The minimum atomic E-state index is -4.74. The van der Waals surface area contributed by atoms with Gasteiger partial charge < -0.3 is 9.80 Å². The fraction of sp³-hybridized carbons (Fsp3) is 0.304. The van der Waals surface area contributed by atoms with Crippen molar-refractivity contribution < 1.29 is 22.4 Å². The van der Waals surface area contributed by atoms with Gasteiger partial charge in [0, 0.05) is 26.2 Å². The van der Waals surface area contributed by atoms with Crippen molar-refractivity contribution in [3.8, 4) is 5.69 Å². The van der Waals surface area contributed by atoms with Gasteiger partial charge in [-0.15, -0.1) is 0 Å². The Bertz CT molecular complexity index is 1080. The summed E-state index contributed by atoms with van der Waals surface area (Å²) in [5.41, 5.74) is -0.955. The lowest BCUT2D eigenvalue weighted by molar-refractivity contribution is -0.142. The number of aromatic nitrogens is 2. The molecule has 2 aromatic carbocycles. The van der Waals surface area contributed by atoms with E-state index >= 15 is 0 Å². The molecule has 9 heteroatoms. The molecule has 0 bridgehead atoms. The lowest BCUT2D eigenvalue weighted by atomic mass is 10.1. The highest BCUT2D eigenvalue weighted by atomic mass is 19.4. The summed E-state index contributed by atoms with van der Waals surface area (Å²) in [6.07, 6.45) is -4.25. The first-order valence-corrected chi connectivity index (χ1v) is 10.1. The molecule has 0 aliphatic carbocycles. The number of benzene rings is 2. The minimum absolute atomic E-state index is 0.149. The minimum Gasteiger partial charge on any atom is -0.362 e. The summed E-state index contributed by atoms with van der Waals surface area (Å²) >= 11 is 0. The monoisotopic (exact) mass is 448 g/mol. The van der Waals surface area contributed by atoms with Crippen LogP contribution in [-0.2, 0) is 12.7 Å². The molecule has 0 saturated heterocycles. The van der Waals surface area contributed by atoms with Crippen LogP contribution in [0, 0.1) is 5.82 Å². The number of nitrogens with zero attached hydrogens (tertiary/aromatic N) is 4. The van der Waals surface area contributed by atoms with Crippen molar-refractivity contribution in [1.29, 1.82) is 0 Å². The zero-order valence-corrected chi connectivity index (χ0v) is 18.0. The van der Waals surface area contributed by atoms with E-state index in [1.165, 1.54) is 32.7 Å². The summed E-state index contributed by atoms with van der Waals surface area (Å²) in [4.78, 5) is 15.8. The SMILES string of the molecule is CCCN(Cc1c(C(F)(F)F)nn(-c2ccccc2)c1N(C)C)C(=O)c1ccccc1F. The number of amides is 1. The van der Waals surface area contributed by atoms with Gasteiger partial charge in [0.1, 0.15) is 11.6 Å². The molecule has 1 heterocycles. The maximum absolute atomic E-state index is 14.2. The predicted octanol–water partition coefficient (Wildman–Crippen LogP) is 5.15. The normalized spacial score (nSPS) is 11.5. The molecule has 0 aliphatic rings. The topological polar surface area (TPSA) is 41.4 Å². The average molecular weight is 448 g/mol. The van der Waals surface area contributed by atoms with E-state index < -0.39 is 23.6 Å². The van der Waals surface area contributed by atoms with Gasteiger partial charge in [0.2, 0.25) is 0 Å². The highest BCUT2D eigenvalue weighted by Gasteiger charge is 2.40. The van der Waals surface area contributed by atoms with Gasteiger partial charge in [-0.1, -0.05) is 37.3 Å². The Balaban J connectivity index is 2.15. The highest BCUT2D eigenvalue weighted by molar-refractivity contribution is 5.94. The van der Waals surface area contributed by atoms with Crippen molar-refractivity contribution in [1.82, 2.24) is 14.7 Å². The molecule has 5 nitrogen and oxygen atoms in total. The molecule has 0 N–H and O–H groups in total. The third kappa shape index (κ3) is 4.76. The molecule has 1 amide bonds. The Morgan fingerprint density at radius 1 is 1.03 bits per heavy atom. The van der Waals surface area contributed by atoms with Crippen LogP contribution < -0.4 is 4.90 Å². The second-order valence-corrected chi connectivity index (χ2v) is 7.50. The van der Waals surface area contributed by atoms with Gasteiger partial charge in [-0.2, -0.15) is 18.3 Å². The van der Waals surface area contributed by atoms with Gasteiger partial charge in [-0.3, -0.25) is 4.79 Å². The number of anilines is 1. The van der Waals surface area contributed by atoms with E-state index in [1.807, 2.05) is 0 Å². The van der Waals surface area contributed by atoms with Gasteiger partial charge in [0.05, 0.1) is 17.8 Å². The third-order valence-electron chi connectivity index (χ3n) is 4.88. The quantitative estimate of drug-likeness (QED) is 0.470. The summed E-state index contributed by atoms with van der Waals surface area (Å²) in [6.45, 7) is 1.59. The van der Waals surface area contributed by atoms with Crippen molar-refractivity contribution in [3.63, 3.8) is 0 Å². The van der Waals surface area contributed by atoms with Gasteiger partial charge in [-0.25, -0.2) is 9.07 Å². The molecule has 1 aromatic heterocycles. The van der Waals surface area contributed by atoms with Crippen LogP contribution in [0.15, 0.2) is 54.6 Å². The van der Waals surface area contributed by atoms with Crippen LogP contribution in [0.3, 0.4) is 0 Å². The van der Waals surface area contributed by atoms with E-state index in [9.17, 15) is 22.4 Å². The van der Waals surface area contributed by atoms with Crippen LogP contribution in [0.25, 0.3) is 5.69 Å². The second kappa shape index (κ2) is 9.42. The molecule has 0 unspecified atom stereocenters. The third-order valence-corrected chi connectivity index (χ3v) is 4.88. The zero-order chi connectivity index (χ0) is 23.5. The molecule has 32 heavy (non-hydrogen) atoms. The van der Waals surface area contributed by atoms with E-state index in [2.05, 4.69) is 5.10 Å². The first-order valence-electron chi connectivity index (χ1n) is 10.1. The van der Waals surface area contributed by atoms with Crippen LogP contribution in [0.2, 0.25) is 0 Å². The van der Waals surface area contributed by atoms with Crippen molar-refractivity contribution in [2.75, 3.05) is 25.5 Å². The number of hydrogen-bond donors (Lipinski definition) is 0. The Hall–Kier alpha value is -3.36. The molecule has 0 spiro atoms. The Morgan fingerprint density at radius 3 is 2.22 bits per heavy atom. The number of hydrogen-bond acceptors (Lipinski definition) is 3. The van der Waals surface area contributed by atoms with E-state index in [-0.39, 0.29) is 30.0 Å². The molecule has 3 aromatic rings. The largest absolute Gasteiger partial charge is 0.435 e. The number of carbonyl (C=O) groups excluding carboxylic acids is 1. The highest BCUT2D eigenvalue weighted by Crippen LogP contribution is 2.37. The Morgan fingerprint density at radius 2 is 1.66 bits per heavy atom. The van der Waals surface area contributed by atoms with E-state index in [4.69, 9.17) is 0 Å². The second-order valence-electron chi connectivity index (χ2n) is 7.50. The summed E-state index contributed by atoms with van der Waals surface area (Å²) in [5, 5.41) is 3.87. The Kier molecular flexibility index (Phi) is 6.86. The van der Waals surface area contributed by atoms with E-state index in [1.54, 1.807) is 51.4 Å². The van der Waals surface area contributed by atoms with Gasteiger partial charge >= 0.3 is 6.18 Å². The first-order chi connectivity index (χ1) is 15.1. The fourth-order valence-electron chi connectivity index (χ4n) is 3.54. The summed E-state index contributed by atoms with van der Waals surface area (Å²) < 4.78 is 57.4. The standard InChI is InChI=1S/C23H24F4N4O/c1-4-14-30(22(32)17-12-8-9-13-19(17)24)15-18-20(23(25,26)27)28-31(21(18)29(2)3)16-10-6-5-7-11-16/h5-13H,4,14-15H2,1-3H3. The van der Waals surface area contributed by atoms with Crippen LogP contribution in [0.4, 0.5) is 23.4 Å². The Labute approximate surface area is 183 Å². The first kappa shape index (κ1) is 23.3. The lowest BCUT2D eigenvalue weighted by Gasteiger charge is -2.25. The summed E-state index contributed by atoms with van der Waals surface area (Å²) in [5.74, 6) is -1.19. The van der Waals surface area contributed by atoms with Crippen LogP contribution >= 0.6 is 0 Å². The molecule has 170 valence electrons. The van der Waals surface area contributed by atoms with Crippen molar-refractivity contribution in [2.24, 2.45) is 0 Å². The number of carbonyl (C=O) groups is 1. The average Bonchev–Trinajstić information content (AvgIpc) is 3.14. The number of alkyl halides is 3. The molecular weight excluding hydrogens is 424 g/mol. The van der Waals surface area contributed by atoms with Gasteiger partial charge in [0.25, 0.3) is 5.91 Å². The van der Waals surface area contributed by atoms with Gasteiger partial charge in [-0.05, 0) is 30.7 Å². The lowest BCUT2D eigenvalue weighted by Crippen LogP contribution is -2.33. The summed E-state index contributed by atoms with van der Waals surface area (Å²) in [6, 6.07) is 13.9. The number of halogens is 4. The van der Waals surface area contributed by atoms with E-state index in [0.717, 1.165) is 6.07 Å². The molecular formula is C23H24F4N4O. The van der Waals surface area contributed by atoms with Crippen molar-refractivity contribution in [2.45, 2.75) is 26.1 Å². The molecule has 0 fully saturated rings. The maximum Gasteiger partial charge on any atom is 0.435 e. The molecule has 0 atom stereocenters. The van der Waals surface area contributed by atoms with Crippen LogP contribution in [-0.4, -0.2) is 41.2 Å².